The van der Waals surface area contributed by atoms with Crippen LogP contribution in [-0.4, -0.2) is 43.4 Å². The van der Waals surface area contributed by atoms with E-state index in [0.717, 1.165) is 0 Å². The molecule has 1 saturated heterocycles. The van der Waals surface area contributed by atoms with Crippen LogP contribution in [0.5, 0.6) is 0 Å². The molecule has 10 nitrogen and oxygen atoms in total. The van der Waals surface area contributed by atoms with Gasteiger partial charge >= 0.3 is 13.5 Å². The molecule has 128 valence electrons. The predicted molar refractivity (Wildman–Crippen MR) is 75.7 cm³/mol. The van der Waals surface area contributed by atoms with Crippen molar-refractivity contribution in [1.29, 1.82) is 0 Å². The fourth-order valence-corrected chi connectivity index (χ4v) is 3.71. The molecule has 1 saturated carbocycles. The Bertz CT molecular complexity index is 765. The highest BCUT2D eigenvalue weighted by molar-refractivity contribution is 7.46. The zero-order valence-electron chi connectivity index (χ0n) is 12.4. The number of fused-ring (bicyclic) bond motifs is 1. The van der Waals surface area contributed by atoms with Crippen molar-refractivity contribution >= 4 is 7.82 Å². The number of hydrogen-bond donors (Lipinski definition) is 3. The normalized spacial score (nSPS) is 32.9. The van der Waals surface area contributed by atoms with Crippen molar-refractivity contribution in [3.05, 3.63) is 33.1 Å². The molecule has 1 aliphatic heterocycles. The first-order chi connectivity index (χ1) is 10.6. The molecule has 0 amide bonds. The van der Waals surface area contributed by atoms with Crippen LogP contribution in [-0.2, 0) is 18.6 Å². The molecular formula is C12H17N2O8P. The summed E-state index contributed by atoms with van der Waals surface area (Å²) in [6.45, 7) is 3.32. The highest BCUT2D eigenvalue weighted by atomic mass is 31.2. The largest absolute Gasteiger partial charge is 0.469 e. The molecule has 4 atom stereocenters. The molecule has 3 N–H and O–H groups in total. The summed E-state index contributed by atoms with van der Waals surface area (Å²) in [4.78, 5) is 43.4. The van der Waals surface area contributed by atoms with E-state index >= 15 is 0 Å². The minimum absolute atomic E-state index is 0.0997. The van der Waals surface area contributed by atoms with Gasteiger partial charge in [0.05, 0.1) is 6.04 Å². The van der Waals surface area contributed by atoms with E-state index in [1.54, 1.807) is 13.8 Å². The van der Waals surface area contributed by atoms with Crippen molar-refractivity contribution in [3.8, 4) is 0 Å². The number of nitrogens with one attached hydrogen (secondary N) is 1. The van der Waals surface area contributed by atoms with E-state index in [4.69, 9.17) is 23.8 Å². The number of hydrogen-bond acceptors (Lipinski definition) is 6. The Morgan fingerprint density at radius 3 is 2.61 bits per heavy atom. The predicted octanol–water partition coefficient (Wildman–Crippen LogP) is -0.521. The maximum Gasteiger partial charge on any atom is 0.469 e. The zero-order valence-corrected chi connectivity index (χ0v) is 13.3. The van der Waals surface area contributed by atoms with E-state index in [1.165, 1.54) is 16.8 Å². The minimum atomic E-state index is -4.72. The Kier molecular flexibility index (Phi) is 3.87. The quantitative estimate of drug-likeness (QED) is 0.620. The van der Waals surface area contributed by atoms with E-state index in [0.29, 0.717) is 0 Å². The van der Waals surface area contributed by atoms with Gasteiger partial charge in [-0.25, -0.2) is 9.36 Å². The molecule has 0 spiro atoms. The number of aromatic amines is 1. The van der Waals surface area contributed by atoms with Gasteiger partial charge in [0.2, 0.25) is 0 Å². The smallest absolute Gasteiger partial charge is 0.342 e. The number of rotatable bonds is 3. The summed E-state index contributed by atoms with van der Waals surface area (Å²) in [6, 6.07) is 0.608. The Morgan fingerprint density at radius 1 is 1.35 bits per heavy atom. The van der Waals surface area contributed by atoms with Crippen LogP contribution in [0, 0.1) is 0 Å². The molecule has 2 heterocycles. The molecule has 11 heteroatoms. The van der Waals surface area contributed by atoms with Gasteiger partial charge in [-0.3, -0.25) is 18.9 Å². The van der Waals surface area contributed by atoms with Gasteiger partial charge in [-0.1, -0.05) is 0 Å². The Labute approximate surface area is 130 Å². The highest BCUT2D eigenvalue weighted by Gasteiger charge is 2.56. The van der Waals surface area contributed by atoms with Crippen molar-refractivity contribution < 1.29 is 28.3 Å². The van der Waals surface area contributed by atoms with Crippen LogP contribution in [0.1, 0.15) is 26.3 Å². The number of phosphoric ester groups is 1. The van der Waals surface area contributed by atoms with E-state index in [2.05, 4.69) is 4.98 Å². The van der Waals surface area contributed by atoms with Crippen LogP contribution in [0.15, 0.2) is 21.9 Å². The van der Waals surface area contributed by atoms with Crippen LogP contribution >= 0.6 is 7.82 Å². The van der Waals surface area contributed by atoms with E-state index in [1.807, 2.05) is 0 Å². The number of nitrogens with zero attached hydrogens (tertiary/aromatic N) is 1. The molecule has 0 aromatic carbocycles. The molecule has 1 aromatic heterocycles. The zero-order chi connectivity index (χ0) is 17.0. The van der Waals surface area contributed by atoms with Gasteiger partial charge < -0.3 is 19.3 Å². The molecule has 1 aromatic rings. The van der Waals surface area contributed by atoms with Crippen LogP contribution in [0.3, 0.4) is 0 Å². The first-order valence-electron chi connectivity index (χ1n) is 6.97. The molecular weight excluding hydrogens is 331 g/mol. The fraction of sp³-hybridized carbons (Fsp3) is 0.667. The Hall–Kier alpha value is -1.29. The number of ether oxygens (including phenoxy) is 2. The molecule has 2 aliphatic rings. The highest BCUT2D eigenvalue weighted by Crippen LogP contribution is 2.49. The molecule has 3 rings (SSSR count). The fourth-order valence-electron chi connectivity index (χ4n) is 3.15. The minimum Gasteiger partial charge on any atom is -0.342 e. The van der Waals surface area contributed by atoms with Gasteiger partial charge in [0.25, 0.3) is 5.56 Å². The number of aromatic nitrogens is 2. The Balaban J connectivity index is 1.96. The van der Waals surface area contributed by atoms with Gasteiger partial charge in [0.1, 0.15) is 18.3 Å². The number of H-pyrrole nitrogens is 1. The molecule has 0 bridgehead atoms. The summed E-state index contributed by atoms with van der Waals surface area (Å²) < 4.78 is 28.6. The van der Waals surface area contributed by atoms with Crippen LogP contribution in [0.4, 0.5) is 0 Å². The third-order valence-corrected chi connectivity index (χ3v) is 4.41. The van der Waals surface area contributed by atoms with Crippen molar-refractivity contribution in [3.63, 3.8) is 0 Å². The molecule has 4 unspecified atom stereocenters. The van der Waals surface area contributed by atoms with E-state index in [9.17, 15) is 14.2 Å². The van der Waals surface area contributed by atoms with Gasteiger partial charge in [-0.2, -0.15) is 0 Å². The first kappa shape index (κ1) is 16.6. The van der Waals surface area contributed by atoms with Crippen LogP contribution in [0.25, 0.3) is 0 Å². The van der Waals surface area contributed by atoms with Crippen LogP contribution < -0.4 is 11.2 Å². The summed E-state index contributed by atoms with van der Waals surface area (Å²) in [7, 11) is -4.72. The Morgan fingerprint density at radius 2 is 2.00 bits per heavy atom. The van der Waals surface area contributed by atoms with Crippen molar-refractivity contribution in [2.75, 3.05) is 0 Å². The van der Waals surface area contributed by atoms with Crippen molar-refractivity contribution in [2.45, 2.75) is 50.4 Å². The second-order valence-electron chi connectivity index (χ2n) is 6.02. The topological polar surface area (TPSA) is 140 Å². The van der Waals surface area contributed by atoms with Gasteiger partial charge in [-0.15, -0.1) is 0 Å². The number of phosphoric acid groups is 1. The summed E-state index contributed by atoms with van der Waals surface area (Å²) >= 11 is 0. The molecule has 23 heavy (non-hydrogen) atoms. The summed E-state index contributed by atoms with van der Waals surface area (Å²) in [5.74, 6) is -0.976. The van der Waals surface area contributed by atoms with Crippen LogP contribution in [0.2, 0.25) is 0 Å². The van der Waals surface area contributed by atoms with Crippen molar-refractivity contribution in [1.82, 2.24) is 9.55 Å². The lowest BCUT2D eigenvalue weighted by atomic mass is 10.2. The SMILES string of the molecule is CC1(C)OC2C(OP(=O)(O)O)CC(n3ccc(=O)[nH]c3=O)C2O1. The second-order valence-corrected chi connectivity index (χ2v) is 7.21. The summed E-state index contributed by atoms with van der Waals surface area (Å²) in [5.41, 5.74) is -1.17. The lowest BCUT2D eigenvalue weighted by molar-refractivity contribution is -0.165. The van der Waals surface area contributed by atoms with Gasteiger partial charge in [0, 0.05) is 18.7 Å². The average Bonchev–Trinajstić information content (AvgIpc) is 2.83. The molecule has 1 aliphatic carbocycles. The first-order valence-corrected chi connectivity index (χ1v) is 8.50. The monoisotopic (exact) mass is 348 g/mol. The summed E-state index contributed by atoms with van der Waals surface area (Å²) in [5, 5.41) is 0. The van der Waals surface area contributed by atoms with Gasteiger partial charge in [-0.05, 0) is 13.8 Å². The third-order valence-electron chi connectivity index (χ3n) is 3.86. The van der Waals surface area contributed by atoms with Gasteiger partial charge in [0.15, 0.2) is 5.79 Å². The average molecular weight is 348 g/mol. The second kappa shape index (κ2) is 5.37. The third kappa shape index (κ3) is 3.32. The summed E-state index contributed by atoms with van der Waals surface area (Å²) in [6.07, 6.45) is -0.891. The lowest BCUT2D eigenvalue weighted by Gasteiger charge is -2.24. The standard InChI is InChI=1S/C12H17N2O8P/c1-12(2)20-9-6(14-4-3-8(15)13-11(14)16)5-7(10(9)21-12)22-23(17,18)19/h3-4,6-7,9-10H,5H2,1-2H3,(H,13,15,16)(H2,17,18,19). The van der Waals surface area contributed by atoms with Crippen molar-refractivity contribution in [2.24, 2.45) is 0 Å². The lowest BCUT2D eigenvalue weighted by Crippen LogP contribution is -2.36. The van der Waals surface area contributed by atoms with E-state index in [-0.39, 0.29) is 6.42 Å². The van der Waals surface area contributed by atoms with E-state index < -0.39 is 49.2 Å². The molecule has 2 fully saturated rings. The maximum absolute atomic E-state index is 12.0. The maximum atomic E-state index is 12.0. The molecule has 0 radical (unpaired) electrons.